The van der Waals surface area contributed by atoms with Gasteiger partial charge in [0.05, 0.1) is 0 Å². The van der Waals surface area contributed by atoms with Crippen molar-refractivity contribution in [3.63, 3.8) is 0 Å². The molecular weight excluding hydrogens is 368 g/mol. The molecule has 0 amide bonds. The van der Waals surface area contributed by atoms with Gasteiger partial charge in [-0.3, -0.25) is 0 Å². The van der Waals surface area contributed by atoms with Crippen LogP contribution in [0.2, 0.25) is 0 Å². The summed E-state index contributed by atoms with van der Waals surface area (Å²) in [7, 11) is 0. The van der Waals surface area contributed by atoms with Crippen LogP contribution in [0.25, 0.3) is 0 Å². The van der Waals surface area contributed by atoms with E-state index in [0.717, 1.165) is 25.3 Å². The lowest BCUT2D eigenvalue weighted by Crippen LogP contribution is -2.41. The predicted octanol–water partition coefficient (Wildman–Crippen LogP) is 5.98. The number of hydrogen-bond acceptors (Lipinski definition) is 5. The number of aromatic hydroxyl groups is 2. The van der Waals surface area contributed by atoms with Crippen molar-refractivity contribution in [2.45, 2.75) is 109 Å². The lowest BCUT2D eigenvalue weighted by atomic mass is 9.92. The highest BCUT2D eigenvalue weighted by Crippen LogP contribution is 2.37. The predicted molar refractivity (Wildman–Crippen MR) is 114 cm³/mol. The van der Waals surface area contributed by atoms with E-state index >= 15 is 0 Å². The van der Waals surface area contributed by atoms with E-state index < -0.39 is 11.8 Å². The fourth-order valence-electron chi connectivity index (χ4n) is 4.16. The molecule has 1 heterocycles. The largest absolute Gasteiger partial charge is 0.508 e. The van der Waals surface area contributed by atoms with Gasteiger partial charge < -0.3 is 20.1 Å². The summed E-state index contributed by atoms with van der Waals surface area (Å²) in [5, 5.41) is 30.1. The standard InChI is InChI=1S/C24H38O5/c1-2-3-4-5-6-7-8-9-10-11-12-13-14-15-24(28)18-19-16-20(25)17-21(26)22(19)23(27)29-24/h16-17,25-26,28H,2-15,18H2,1H3/t24-/m1/s1. The van der Waals surface area contributed by atoms with E-state index in [0.29, 0.717) is 12.0 Å². The summed E-state index contributed by atoms with van der Waals surface area (Å²) in [5.74, 6) is -2.73. The Morgan fingerprint density at radius 1 is 0.862 bits per heavy atom. The summed E-state index contributed by atoms with van der Waals surface area (Å²) < 4.78 is 5.20. The Kier molecular flexibility index (Phi) is 9.79. The molecule has 1 aromatic rings. The Morgan fingerprint density at radius 2 is 1.38 bits per heavy atom. The molecule has 0 bridgehead atoms. The van der Waals surface area contributed by atoms with Crippen molar-refractivity contribution in [2.75, 3.05) is 0 Å². The maximum absolute atomic E-state index is 12.1. The van der Waals surface area contributed by atoms with Crippen molar-refractivity contribution in [3.05, 3.63) is 23.3 Å². The Balaban J connectivity index is 1.57. The number of carbonyl (C=O) groups excluding carboxylic acids is 1. The normalized spacial score (nSPS) is 18.5. The van der Waals surface area contributed by atoms with Gasteiger partial charge in [0, 0.05) is 18.9 Å². The van der Waals surface area contributed by atoms with Crippen LogP contribution in [0.15, 0.2) is 12.1 Å². The van der Waals surface area contributed by atoms with Crippen LogP contribution >= 0.6 is 0 Å². The highest BCUT2D eigenvalue weighted by molar-refractivity contribution is 5.95. The summed E-state index contributed by atoms with van der Waals surface area (Å²) in [4.78, 5) is 12.1. The molecule has 0 radical (unpaired) electrons. The van der Waals surface area contributed by atoms with Crippen molar-refractivity contribution < 1.29 is 24.9 Å². The first-order valence-corrected chi connectivity index (χ1v) is 11.5. The van der Waals surface area contributed by atoms with E-state index in [2.05, 4.69) is 6.92 Å². The molecule has 0 spiro atoms. The minimum Gasteiger partial charge on any atom is -0.508 e. The van der Waals surface area contributed by atoms with Gasteiger partial charge in [0.1, 0.15) is 17.1 Å². The van der Waals surface area contributed by atoms with E-state index in [-0.39, 0.29) is 23.5 Å². The number of fused-ring (bicyclic) bond motifs is 1. The summed E-state index contributed by atoms with van der Waals surface area (Å²) in [6.45, 7) is 2.25. The Morgan fingerprint density at radius 3 is 1.93 bits per heavy atom. The van der Waals surface area contributed by atoms with Gasteiger partial charge in [0.25, 0.3) is 0 Å². The summed E-state index contributed by atoms with van der Waals surface area (Å²) in [6.07, 6.45) is 16.6. The van der Waals surface area contributed by atoms with Crippen LogP contribution in [0.3, 0.4) is 0 Å². The second-order valence-corrected chi connectivity index (χ2v) is 8.50. The van der Waals surface area contributed by atoms with Crippen LogP contribution in [0.4, 0.5) is 0 Å². The molecule has 0 aliphatic carbocycles. The monoisotopic (exact) mass is 406 g/mol. The molecule has 0 saturated carbocycles. The highest BCUT2D eigenvalue weighted by atomic mass is 16.7. The van der Waals surface area contributed by atoms with E-state index in [9.17, 15) is 20.1 Å². The van der Waals surface area contributed by atoms with Crippen molar-refractivity contribution >= 4 is 5.97 Å². The molecule has 0 unspecified atom stereocenters. The number of rotatable bonds is 14. The topological polar surface area (TPSA) is 87.0 Å². The van der Waals surface area contributed by atoms with Gasteiger partial charge >= 0.3 is 5.97 Å². The SMILES string of the molecule is CCCCCCCCCCCCCCC[C@]1(O)Cc2cc(O)cc(O)c2C(=O)O1. The molecule has 1 aromatic carbocycles. The second-order valence-electron chi connectivity index (χ2n) is 8.50. The van der Waals surface area contributed by atoms with Gasteiger partial charge in [0.2, 0.25) is 5.79 Å². The first-order valence-electron chi connectivity index (χ1n) is 11.5. The first kappa shape index (κ1) is 23.5. The Hall–Kier alpha value is -1.75. The van der Waals surface area contributed by atoms with Crippen molar-refractivity contribution in [2.24, 2.45) is 0 Å². The molecule has 164 valence electrons. The number of ether oxygens (including phenoxy) is 1. The number of phenolic OH excluding ortho intramolecular Hbond substituents is 2. The third-order valence-electron chi connectivity index (χ3n) is 5.81. The van der Waals surface area contributed by atoms with Gasteiger partial charge in [-0.05, 0) is 18.1 Å². The van der Waals surface area contributed by atoms with E-state index in [1.165, 1.54) is 70.3 Å². The van der Waals surface area contributed by atoms with E-state index in [4.69, 9.17) is 4.74 Å². The fourth-order valence-corrected chi connectivity index (χ4v) is 4.16. The molecule has 0 fully saturated rings. The summed E-state index contributed by atoms with van der Waals surface area (Å²) in [6, 6.07) is 2.52. The quantitative estimate of drug-likeness (QED) is 0.261. The van der Waals surface area contributed by atoms with Gasteiger partial charge in [0.15, 0.2) is 0 Å². The Labute approximate surface area is 175 Å². The number of benzene rings is 1. The van der Waals surface area contributed by atoms with Gasteiger partial charge in [-0.25, -0.2) is 4.79 Å². The number of phenols is 2. The number of cyclic esters (lactones) is 1. The first-order chi connectivity index (χ1) is 13.9. The van der Waals surface area contributed by atoms with Crippen LogP contribution < -0.4 is 0 Å². The molecule has 29 heavy (non-hydrogen) atoms. The van der Waals surface area contributed by atoms with Crippen molar-refractivity contribution in [1.82, 2.24) is 0 Å². The highest BCUT2D eigenvalue weighted by Gasteiger charge is 2.39. The average Bonchev–Trinajstić information content (AvgIpc) is 2.64. The van der Waals surface area contributed by atoms with E-state index in [1.807, 2.05) is 0 Å². The van der Waals surface area contributed by atoms with Crippen LogP contribution in [0.5, 0.6) is 11.5 Å². The molecular formula is C24H38O5. The zero-order valence-corrected chi connectivity index (χ0v) is 17.9. The third kappa shape index (κ3) is 7.88. The maximum Gasteiger partial charge on any atom is 0.344 e. The molecule has 1 atom stereocenters. The molecule has 5 heteroatoms. The van der Waals surface area contributed by atoms with E-state index in [1.54, 1.807) is 0 Å². The lowest BCUT2D eigenvalue weighted by molar-refractivity contribution is -0.174. The number of unbranched alkanes of at least 4 members (excludes halogenated alkanes) is 12. The molecule has 5 nitrogen and oxygen atoms in total. The van der Waals surface area contributed by atoms with Crippen LogP contribution in [-0.2, 0) is 11.2 Å². The molecule has 1 aliphatic rings. The van der Waals surface area contributed by atoms with Crippen molar-refractivity contribution in [3.8, 4) is 11.5 Å². The smallest absolute Gasteiger partial charge is 0.344 e. The molecule has 0 aromatic heterocycles. The Bertz CT molecular complexity index is 642. The molecule has 1 aliphatic heterocycles. The fraction of sp³-hybridized carbons (Fsp3) is 0.708. The lowest BCUT2D eigenvalue weighted by Gasteiger charge is -2.33. The minimum atomic E-state index is -1.55. The molecule has 3 N–H and O–H groups in total. The van der Waals surface area contributed by atoms with Crippen LogP contribution in [0, 0.1) is 0 Å². The van der Waals surface area contributed by atoms with Gasteiger partial charge in [-0.1, -0.05) is 84.0 Å². The zero-order chi connectivity index (χ0) is 21.1. The molecule has 0 saturated heterocycles. The number of hydrogen-bond donors (Lipinski definition) is 3. The average molecular weight is 407 g/mol. The minimum absolute atomic E-state index is 0.0397. The third-order valence-corrected chi connectivity index (χ3v) is 5.81. The number of carbonyl (C=O) groups is 1. The number of esters is 1. The second kappa shape index (κ2) is 12.1. The zero-order valence-electron chi connectivity index (χ0n) is 17.9. The maximum atomic E-state index is 12.1. The van der Waals surface area contributed by atoms with Gasteiger partial charge in [-0.15, -0.1) is 0 Å². The number of aliphatic hydroxyl groups is 1. The van der Waals surface area contributed by atoms with Crippen LogP contribution in [0.1, 0.15) is 113 Å². The summed E-state index contributed by atoms with van der Waals surface area (Å²) in [5.41, 5.74) is 0.466. The molecule has 2 rings (SSSR count). The van der Waals surface area contributed by atoms with Crippen molar-refractivity contribution in [1.29, 1.82) is 0 Å². The summed E-state index contributed by atoms with van der Waals surface area (Å²) >= 11 is 0. The van der Waals surface area contributed by atoms with Crippen LogP contribution in [-0.4, -0.2) is 27.1 Å². The van der Waals surface area contributed by atoms with Gasteiger partial charge in [-0.2, -0.15) is 0 Å².